The fourth-order valence-electron chi connectivity index (χ4n) is 2.81. The highest BCUT2D eigenvalue weighted by atomic mass is 15.2. The minimum Gasteiger partial charge on any atom is -0.301 e. The molecule has 1 heteroatoms. The van der Waals surface area contributed by atoms with Gasteiger partial charge in [0.2, 0.25) is 0 Å². The summed E-state index contributed by atoms with van der Waals surface area (Å²) < 4.78 is 0. The molecule has 0 spiro atoms. The smallest absolute Gasteiger partial charge is 0.0126 e. The summed E-state index contributed by atoms with van der Waals surface area (Å²) in [4.78, 5) is 2.59. The number of rotatable bonds is 3. The summed E-state index contributed by atoms with van der Waals surface area (Å²) in [5.41, 5.74) is 0. The van der Waals surface area contributed by atoms with Gasteiger partial charge < -0.3 is 4.90 Å². The minimum atomic E-state index is 0.694. The minimum absolute atomic E-state index is 0.694. The molecule has 0 saturated heterocycles. The predicted molar refractivity (Wildman–Crippen MR) is 63.5 cm³/mol. The second-order valence-electron chi connectivity index (χ2n) is 5.52. The topological polar surface area (TPSA) is 3.24 Å². The molecule has 1 saturated carbocycles. The SMILES string of the molecule is CC(C)[C@@H]1CCCC[C@H]1N(C)C(C)C. The third-order valence-corrected chi connectivity index (χ3v) is 3.98. The predicted octanol–water partition coefficient (Wildman–Crippen LogP) is 3.54. The van der Waals surface area contributed by atoms with E-state index in [0.29, 0.717) is 6.04 Å². The number of nitrogens with zero attached hydrogens (tertiary/aromatic N) is 1. The zero-order valence-electron chi connectivity index (χ0n) is 10.6. The maximum Gasteiger partial charge on any atom is 0.0126 e. The molecule has 1 nitrogen and oxygen atoms in total. The van der Waals surface area contributed by atoms with Crippen molar-refractivity contribution < 1.29 is 0 Å². The molecule has 0 aliphatic heterocycles. The van der Waals surface area contributed by atoms with Crippen LogP contribution in [0.4, 0.5) is 0 Å². The lowest BCUT2D eigenvalue weighted by Crippen LogP contribution is -2.45. The monoisotopic (exact) mass is 197 g/mol. The van der Waals surface area contributed by atoms with Crippen molar-refractivity contribution in [1.29, 1.82) is 0 Å². The lowest BCUT2D eigenvalue weighted by molar-refractivity contribution is 0.0777. The van der Waals surface area contributed by atoms with Crippen molar-refractivity contribution in [3.63, 3.8) is 0 Å². The number of hydrogen-bond donors (Lipinski definition) is 0. The van der Waals surface area contributed by atoms with Gasteiger partial charge in [-0.15, -0.1) is 0 Å². The average molecular weight is 197 g/mol. The highest BCUT2D eigenvalue weighted by molar-refractivity contribution is 4.84. The van der Waals surface area contributed by atoms with Crippen LogP contribution in [0.1, 0.15) is 53.4 Å². The third kappa shape index (κ3) is 2.73. The second kappa shape index (κ2) is 5.16. The van der Waals surface area contributed by atoms with Crippen LogP contribution in [0.3, 0.4) is 0 Å². The van der Waals surface area contributed by atoms with Crippen molar-refractivity contribution in [1.82, 2.24) is 4.90 Å². The fraction of sp³-hybridized carbons (Fsp3) is 1.00. The van der Waals surface area contributed by atoms with E-state index < -0.39 is 0 Å². The van der Waals surface area contributed by atoms with Crippen molar-refractivity contribution in [3.8, 4) is 0 Å². The molecule has 0 radical (unpaired) electrons. The van der Waals surface area contributed by atoms with E-state index in [-0.39, 0.29) is 0 Å². The van der Waals surface area contributed by atoms with E-state index >= 15 is 0 Å². The molecule has 0 aromatic rings. The molecule has 0 N–H and O–H groups in total. The molecule has 14 heavy (non-hydrogen) atoms. The van der Waals surface area contributed by atoms with E-state index in [0.717, 1.165) is 17.9 Å². The molecule has 0 aromatic heterocycles. The zero-order chi connectivity index (χ0) is 10.7. The molecule has 0 amide bonds. The molecule has 84 valence electrons. The van der Waals surface area contributed by atoms with Crippen LogP contribution in [-0.4, -0.2) is 24.0 Å². The van der Waals surface area contributed by atoms with Gasteiger partial charge in [0.15, 0.2) is 0 Å². The molecule has 1 aliphatic carbocycles. The van der Waals surface area contributed by atoms with Gasteiger partial charge in [0, 0.05) is 12.1 Å². The van der Waals surface area contributed by atoms with Crippen LogP contribution in [0.2, 0.25) is 0 Å². The molecule has 0 aromatic carbocycles. The van der Waals surface area contributed by atoms with Gasteiger partial charge in [0.25, 0.3) is 0 Å². The summed E-state index contributed by atoms with van der Waals surface area (Å²) in [7, 11) is 2.30. The first kappa shape index (κ1) is 12.0. The van der Waals surface area contributed by atoms with Gasteiger partial charge in [0.05, 0.1) is 0 Å². The maximum atomic E-state index is 2.59. The van der Waals surface area contributed by atoms with Crippen LogP contribution >= 0.6 is 0 Å². The van der Waals surface area contributed by atoms with Gasteiger partial charge in [-0.3, -0.25) is 0 Å². The molecular weight excluding hydrogens is 170 g/mol. The molecular formula is C13H27N. The van der Waals surface area contributed by atoms with Gasteiger partial charge in [-0.05, 0) is 45.6 Å². The van der Waals surface area contributed by atoms with E-state index in [1.807, 2.05) is 0 Å². The van der Waals surface area contributed by atoms with Gasteiger partial charge in [0.1, 0.15) is 0 Å². The van der Waals surface area contributed by atoms with Crippen molar-refractivity contribution in [3.05, 3.63) is 0 Å². The lowest BCUT2D eigenvalue weighted by Gasteiger charge is -2.42. The number of hydrogen-bond acceptors (Lipinski definition) is 1. The Morgan fingerprint density at radius 2 is 1.57 bits per heavy atom. The average Bonchev–Trinajstić information content (AvgIpc) is 2.16. The Kier molecular flexibility index (Phi) is 4.43. The van der Waals surface area contributed by atoms with Crippen LogP contribution in [-0.2, 0) is 0 Å². The largest absolute Gasteiger partial charge is 0.301 e. The highest BCUT2D eigenvalue weighted by Gasteiger charge is 2.30. The Morgan fingerprint density at radius 3 is 2.07 bits per heavy atom. The molecule has 2 atom stereocenters. The van der Waals surface area contributed by atoms with E-state index in [4.69, 9.17) is 0 Å². The fourth-order valence-corrected chi connectivity index (χ4v) is 2.81. The Bertz CT molecular complexity index is 163. The Labute approximate surface area is 89.9 Å². The molecule has 0 heterocycles. The summed E-state index contributed by atoms with van der Waals surface area (Å²) >= 11 is 0. The first-order valence-corrected chi connectivity index (χ1v) is 6.26. The van der Waals surface area contributed by atoms with Crippen LogP contribution in [0.15, 0.2) is 0 Å². The lowest BCUT2D eigenvalue weighted by atomic mass is 9.77. The zero-order valence-corrected chi connectivity index (χ0v) is 10.6. The van der Waals surface area contributed by atoms with Gasteiger partial charge >= 0.3 is 0 Å². The Hall–Kier alpha value is -0.0400. The standard InChI is InChI=1S/C13H27N/c1-10(2)12-8-6-7-9-13(12)14(5)11(3)4/h10-13H,6-9H2,1-5H3/t12-,13+/m0/s1. The van der Waals surface area contributed by atoms with Gasteiger partial charge in [-0.25, -0.2) is 0 Å². The normalized spacial score (nSPS) is 29.1. The summed E-state index contributed by atoms with van der Waals surface area (Å²) in [5.74, 6) is 1.78. The van der Waals surface area contributed by atoms with Crippen LogP contribution in [0.5, 0.6) is 0 Å². The van der Waals surface area contributed by atoms with Crippen LogP contribution < -0.4 is 0 Å². The second-order valence-corrected chi connectivity index (χ2v) is 5.52. The summed E-state index contributed by atoms with van der Waals surface area (Å²) in [5, 5.41) is 0. The van der Waals surface area contributed by atoms with E-state index in [1.165, 1.54) is 25.7 Å². The van der Waals surface area contributed by atoms with Crippen molar-refractivity contribution >= 4 is 0 Å². The van der Waals surface area contributed by atoms with Gasteiger partial charge in [-0.1, -0.05) is 26.7 Å². The maximum absolute atomic E-state index is 2.59. The first-order valence-electron chi connectivity index (χ1n) is 6.26. The molecule has 0 unspecified atom stereocenters. The van der Waals surface area contributed by atoms with Gasteiger partial charge in [-0.2, -0.15) is 0 Å². The summed E-state index contributed by atoms with van der Waals surface area (Å²) in [6.45, 7) is 9.40. The van der Waals surface area contributed by atoms with E-state index in [2.05, 4.69) is 39.6 Å². The first-order chi connectivity index (χ1) is 6.54. The van der Waals surface area contributed by atoms with E-state index in [9.17, 15) is 0 Å². The summed E-state index contributed by atoms with van der Waals surface area (Å²) in [6.07, 6.45) is 5.74. The van der Waals surface area contributed by atoms with Crippen molar-refractivity contribution in [2.24, 2.45) is 11.8 Å². The molecule has 1 fully saturated rings. The summed E-state index contributed by atoms with van der Waals surface area (Å²) in [6, 6.07) is 1.53. The molecule has 0 bridgehead atoms. The molecule has 1 aliphatic rings. The van der Waals surface area contributed by atoms with E-state index in [1.54, 1.807) is 0 Å². The van der Waals surface area contributed by atoms with Crippen LogP contribution in [0, 0.1) is 11.8 Å². The molecule has 1 rings (SSSR count). The Morgan fingerprint density at radius 1 is 1.00 bits per heavy atom. The Balaban J connectivity index is 2.62. The van der Waals surface area contributed by atoms with Crippen molar-refractivity contribution in [2.45, 2.75) is 65.5 Å². The quantitative estimate of drug-likeness (QED) is 0.669. The third-order valence-electron chi connectivity index (χ3n) is 3.98. The van der Waals surface area contributed by atoms with Crippen LogP contribution in [0.25, 0.3) is 0 Å². The van der Waals surface area contributed by atoms with Crippen molar-refractivity contribution in [2.75, 3.05) is 7.05 Å². The highest BCUT2D eigenvalue weighted by Crippen LogP contribution is 2.33.